The quantitative estimate of drug-likeness (QED) is 0.0639. The molecule has 1 aromatic heterocycles. The Bertz CT molecular complexity index is 2040. The standard InChI is InChI=1S/C37H36Cl2FN3O7.C2HF3O2/c1-47-31-11-8-24(17-33(31)48-2)32(18-28-29(38)19-43(46)20-30(28)39)49-36(44)25-4-3-5-27(16-25)41-35(23-6-9-26(40)10-7-23)37(45)50-34-21-42-14-12-22(34)13-15-42;3-2(4,5)1(6)7/h3-11,16-17,19-20,22,32,34-35,41H,12-15,18,21H2,1-2H3;(H,6,7)/t32?,34-,35?;/m0./s1. The van der Waals surface area contributed by atoms with Crippen molar-refractivity contribution in [2.24, 2.45) is 5.92 Å². The van der Waals surface area contributed by atoms with Gasteiger partial charge in [-0.1, -0.05) is 47.5 Å². The van der Waals surface area contributed by atoms with E-state index in [1.807, 2.05) is 0 Å². The molecule has 3 aromatic carbocycles. The number of fused-ring (bicyclic) bond motifs is 3. The van der Waals surface area contributed by atoms with Gasteiger partial charge in [0, 0.05) is 24.2 Å². The third-order valence-electron chi connectivity index (χ3n) is 9.43. The first-order valence-corrected chi connectivity index (χ1v) is 18.2. The molecular formula is C39H37Cl2F4N3O9. The number of carbonyl (C=O) groups excluding carboxylic acids is 2. The molecule has 0 radical (unpaired) electrons. The number of pyridine rings is 1. The third kappa shape index (κ3) is 11.2. The van der Waals surface area contributed by atoms with E-state index in [1.54, 1.807) is 42.5 Å². The lowest BCUT2D eigenvalue weighted by Crippen LogP contribution is -2.52. The fourth-order valence-corrected chi connectivity index (χ4v) is 7.09. The lowest BCUT2D eigenvalue weighted by atomic mass is 9.86. The van der Waals surface area contributed by atoms with Crippen molar-refractivity contribution in [1.29, 1.82) is 0 Å². The molecule has 0 amide bonds. The van der Waals surface area contributed by atoms with E-state index in [-0.39, 0.29) is 28.1 Å². The largest absolute Gasteiger partial charge is 0.619 e. The molecular weight excluding hydrogens is 801 g/mol. The van der Waals surface area contributed by atoms with E-state index in [0.29, 0.717) is 51.1 Å². The maximum Gasteiger partial charge on any atom is 0.490 e. The minimum Gasteiger partial charge on any atom is -0.619 e. The van der Waals surface area contributed by atoms with Gasteiger partial charge < -0.3 is 34.6 Å². The molecule has 2 bridgehead atoms. The Labute approximate surface area is 334 Å². The molecule has 3 atom stereocenters. The summed E-state index contributed by atoms with van der Waals surface area (Å²) in [5.41, 5.74) is 2.11. The van der Waals surface area contributed by atoms with Crippen molar-refractivity contribution < 1.29 is 60.7 Å². The van der Waals surface area contributed by atoms with Crippen LogP contribution in [0.1, 0.15) is 52.0 Å². The van der Waals surface area contributed by atoms with Crippen LogP contribution in [0.25, 0.3) is 0 Å². The SMILES string of the molecule is COc1ccc(C(Cc2c(Cl)c[n+]([O-])cc2Cl)OC(=O)c2cccc(NC(C(=O)O[C@H]3CN4CCC3CC4)c3ccc(F)cc3)c2)cc1OC.O=C(O)C(F)(F)F. The number of hydrogen-bond donors (Lipinski definition) is 2. The van der Waals surface area contributed by atoms with Gasteiger partial charge in [-0.05, 0) is 85.4 Å². The number of anilines is 1. The summed E-state index contributed by atoms with van der Waals surface area (Å²) in [6, 6.07) is 16.3. The summed E-state index contributed by atoms with van der Waals surface area (Å²) in [7, 11) is 3.00. The molecule has 304 valence electrons. The van der Waals surface area contributed by atoms with Gasteiger partial charge in [0.05, 0.1) is 19.8 Å². The molecule has 0 spiro atoms. The molecule has 57 heavy (non-hydrogen) atoms. The number of nitrogens with zero attached hydrogens (tertiary/aromatic N) is 2. The fourth-order valence-electron chi connectivity index (χ4n) is 6.49. The van der Waals surface area contributed by atoms with Gasteiger partial charge >= 0.3 is 24.1 Å². The fraction of sp³-hybridized carbons (Fsp3) is 0.333. The third-order valence-corrected chi connectivity index (χ3v) is 10.1. The Morgan fingerprint density at radius 1 is 0.947 bits per heavy atom. The first-order valence-electron chi connectivity index (χ1n) is 17.4. The zero-order valence-corrected chi connectivity index (χ0v) is 31.9. The number of aromatic nitrogens is 1. The van der Waals surface area contributed by atoms with Crippen molar-refractivity contribution in [3.63, 3.8) is 0 Å². The lowest BCUT2D eigenvalue weighted by Gasteiger charge is -2.44. The Kier molecular flexibility index (Phi) is 14.1. The number of nitrogens with one attached hydrogen (secondary N) is 1. The van der Waals surface area contributed by atoms with E-state index in [0.717, 1.165) is 25.9 Å². The van der Waals surface area contributed by atoms with Crippen molar-refractivity contribution >= 4 is 46.8 Å². The van der Waals surface area contributed by atoms with E-state index >= 15 is 0 Å². The molecule has 2 unspecified atom stereocenters. The number of piperidine rings is 3. The maximum absolute atomic E-state index is 13.9. The van der Waals surface area contributed by atoms with Gasteiger partial charge in [-0.2, -0.15) is 17.9 Å². The Morgan fingerprint density at radius 3 is 2.12 bits per heavy atom. The normalized spacial score (nSPS) is 18.3. The summed E-state index contributed by atoms with van der Waals surface area (Å²) in [5, 5.41) is 22.4. The Morgan fingerprint density at radius 2 is 1.56 bits per heavy atom. The number of esters is 2. The maximum atomic E-state index is 13.9. The molecule has 4 aromatic rings. The second kappa shape index (κ2) is 18.7. The number of methoxy groups -OCH3 is 2. The van der Waals surface area contributed by atoms with E-state index < -0.39 is 42.0 Å². The topological polar surface area (TPSA) is 151 Å². The summed E-state index contributed by atoms with van der Waals surface area (Å²) in [5.74, 6) is -3.17. The predicted octanol–water partition coefficient (Wildman–Crippen LogP) is 7.35. The highest BCUT2D eigenvalue weighted by Gasteiger charge is 2.39. The van der Waals surface area contributed by atoms with Gasteiger partial charge in [0.15, 0.2) is 29.9 Å². The van der Waals surface area contributed by atoms with Crippen LogP contribution in [0.3, 0.4) is 0 Å². The average Bonchev–Trinajstić information content (AvgIpc) is 3.18. The molecule has 3 fully saturated rings. The Balaban J connectivity index is 0.000000811. The van der Waals surface area contributed by atoms with Crippen LogP contribution in [0, 0.1) is 16.9 Å². The molecule has 12 nitrogen and oxygen atoms in total. The summed E-state index contributed by atoms with van der Waals surface area (Å²) >= 11 is 12.8. The van der Waals surface area contributed by atoms with Crippen LogP contribution >= 0.6 is 23.2 Å². The summed E-state index contributed by atoms with van der Waals surface area (Å²) in [4.78, 5) is 38.7. The van der Waals surface area contributed by atoms with E-state index in [9.17, 15) is 32.4 Å². The highest BCUT2D eigenvalue weighted by molar-refractivity contribution is 6.35. The molecule has 0 aliphatic carbocycles. The van der Waals surface area contributed by atoms with Crippen LogP contribution in [-0.2, 0) is 25.5 Å². The first kappa shape index (κ1) is 42.8. The second-order valence-electron chi connectivity index (χ2n) is 13.1. The van der Waals surface area contributed by atoms with Gasteiger partial charge in [0.1, 0.15) is 28.1 Å². The highest BCUT2D eigenvalue weighted by atomic mass is 35.5. The zero-order chi connectivity index (χ0) is 41.4. The van der Waals surface area contributed by atoms with Gasteiger partial charge in [-0.3, -0.25) is 4.90 Å². The van der Waals surface area contributed by atoms with Crippen molar-refractivity contribution in [3.05, 3.63) is 122 Å². The van der Waals surface area contributed by atoms with E-state index in [1.165, 1.54) is 50.9 Å². The molecule has 4 heterocycles. The molecule has 0 saturated carbocycles. The number of alkyl halides is 3. The number of aliphatic carboxylic acids is 1. The number of rotatable bonds is 12. The summed E-state index contributed by atoms with van der Waals surface area (Å²) < 4.78 is 69.1. The van der Waals surface area contributed by atoms with Crippen LogP contribution in [-0.4, -0.2) is 74.0 Å². The van der Waals surface area contributed by atoms with Gasteiger partial charge in [-0.25, -0.2) is 18.8 Å². The number of carboxylic acids is 1. The van der Waals surface area contributed by atoms with Crippen LogP contribution in [0.15, 0.2) is 79.1 Å². The molecule has 3 saturated heterocycles. The minimum absolute atomic E-state index is 0.0374. The number of ether oxygens (including phenoxy) is 4. The highest BCUT2D eigenvalue weighted by Crippen LogP contribution is 2.36. The Hall–Kier alpha value is -5.32. The minimum atomic E-state index is -5.08. The number of benzene rings is 3. The molecule has 3 aliphatic heterocycles. The zero-order valence-electron chi connectivity index (χ0n) is 30.4. The molecule has 3 aliphatic rings. The van der Waals surface area contributed by atoms with Gasteiger partial charge in [-0.15, -0.1) is 0 Å². The van der Waals surface area contributed by atoms with Crippen LogP contribution in [0.5, 0.6) is 11.5 Å². The molecule has 2 N–H and O–H groups in total. The van der Waals surface area contributed by atoms with E-state index in [4.69, 9.17) is 52.1 Å². The molecule has 18 heteroatoms. The van der Waals surface area contributed by atoms with Gasteiger partial charge in [0.25, 0.3) is 0 Å². The van der Waals surface area contributed by atoms with E-state index in [2.05, 4.69) is 10.2 Å². The van der Waals surface area contributed by atoms with Crippen LogP contribution < -0.4 is 19.5 Å². The number of carboxylic acid groups (broad SMARTS) is 1. The number of carbonyl (C=O) groups is 3. The summed E-state index contributed by atoms with van der Waals surface area (Å²) in [6.07, 6.45) is -1.90. The lowest BCUT2D eigenvalue weighted by molar-refractivity contribution is -0.605. The van der Waals surface area contributed by atoms with Crippen molar-refractivity contribution in [2.45, 2.75) is 43.7 Å². The van der Waals surface area contributed by atoms with Crippen LogP contribution in [0.4, 0.5) is 23.2 Å². The van der Waals surface area contributed by atoms with Crippen molar-refractivity contribution in [3.8, 4) is 11.5 Å². The second-order valence-corrected chi connectivity index (χ2v) is 13.9. The number of halogens is 6. The predicted molar refractivity (Wildman–Crippen MR) is 199 cm³/mol. The van der Waals surface area contributed by atoms with Gasteiger partial charge in [0.2, 0.25) is 0 Å². The molecule has 7 rings (SSSR count). The average molecular weight is 839 g/mol. The number of hydrogen-bond acceptors (Lipinski definition) is 10. The smallest absolute Gasteiger partial charge is 0.490 e. The van der Waals surface area contributed by atoms with Crippen LogP contribution in [0.2, 0.25) is 10.0 Å². The van der Waals surface area contributed by atoms with Crippen molar-refractivity contribution in [2.75, 3.05) is 39.2 Å². The monoisotopic (exact) mass is 837 g/mol. The van der Waals surface area contributed by atoms with Crippen molar-refractivity contribution in [1.82, 2.24) is 4.90 Å². The first-order chi connectivity index (χ1) is 27.1. The summed E-state index contributed by atoms with van der Waals surface area (Å²) in [6.45, 7) is 2.69.